The topological polar surface area (TPSA) is 100 Å². The number of hydrogen-bond donors (Lipinski definition) is 4. The molecule has 6 nitrogen and oxygen atoms in total. The van der Waals surface area contributed by atoms with Crippen LogP contribution in [-0.2, 0) is 12.6 Å². The highest BCUT2D eigenvalue weighted by Crippen LogP contribution is 2.37. The zero-order valence-electron chi connectivity index (χ0n) is 12.7. The van der Waals surface area contributed by atoms with Gasteiger partial charge < -0.3 is 16.2 Å². The Morgan fingerprint density at radius 2 is 1.91 bits per heavy atom. The van der Waals surface area contributed by atoms with Gasteiger partial charge in [-0.3, -0.25) is 5.32 Å². The van der Waals surface area contributed by atoms with E-state index in [-0.39, 0.29) is 28.3 Å². The van der Waals surface area contributed by atoms with Crippen molar-refractivity contribution >= 4 is 34.9 Å². The molecule has 5 N–H and O–H groups in total. The first-order valence-corrected chi connectivity index (χ1v) is 6.88. The lowest BCUT2D eigenvalue weighted by Gasteiger charge is -2.22. The summed E-state index contributed by atoms with van der Waals surface area (Å²) in [4.78, 5) is 14.7. The van der Waals surface area contributed by atoms with E-state index in [0.717, 1.165) is 0 Å². The van der Waals surface area contributed by atoms with Gasteiger partial charge in [0.2, 0.25) is 0 Å². The minimum Gasteiger partial charge on any atom is -0.465 e. The Labute approximate surface area is 136 Å². The SMILES string of the molecule is CC(C)(C)Cc1nc(NC(N)=S)c(C(F)(F)F)cc1NC(=O)O. The van der Waals surface area contributed by atoms with Crippen molar-refractivity contribution < 1.29 is 23.1 Å². The zero-order chi connectivity index (χ0) is 18.0. The molecule has 128 valence electrons. The molecule has 0 aliphatic heterocycles. The third kappa shape index (κ3) is 5.89. The Hall–Kier alpha value is -2.10. The second kappa shape index (κ2) is 6.57. The summed E-state index contributed by atoms with van der Waals surface area (Å²) < 4.78 is 39.4. The molecule has 0 radical (unpaired) electrons. The van der Waals surface area contributed by atoms with Crippen LogP contribution in [0.15, 0.2) is 6.07 Å². The van der Waals surface area contributed by atoms with Crippen LogP contribution in [0.5, 0.6) is 0 Å². The highest BCUT2D eigenvalue weighted by Gasteiger charge is 2.36. The molecule has 0 aliphatic rings. The summed E-state index contributed by atoms with van der Waals surface area (Å²) in [6, 6.07) is 0.683. The minimum absolute atomic E-state index is 0.159. The third-order valence-corrected chi connectivity index (χ3v) is 2.69. The van der Waals surface area contributed by atoms with Crippen molar-refractivity contribution in [1.29, 1.82) is 0 Å². The second-order valence-electron chi connectivity index (χ2n) is 6.03. The summed E-state index contributed by atoms with van der Waals surface area (Å²) in [6.45, 7) is 5.53. The molecular formula is C13H17F3N4O2S. The number of pyridine rings is 1. The molecule has 1 heterocycles. The fraction of sp³-hybridized carbons (Fsp3) is 0.462. The summed E-state index contributed by atoms with van der Waals surface area (Å²) in [5, 5.41) is 12.6. The number of nitrogens with one attached hydrogen (secondary N) is 2. The largest absolute Gasteiger partial charge is 0.465 e. The summed E-state index contributed by atoms with van der Waals surface area (Å²) in [5.74, 6) is -0.555. The number of hydrogen-bond acceptors (Lipinski definition) is 3. The van der Waals surface area contributed by atoms with E-state index in [9.17, 15) is 18.0 Å². The standard InChI is InChI=1S/C13H17F3N4O2S/c1-12(2,3)5-8-7(19-11(21)22)4-6(13(14,15)16)9(18-8)20-10(17)23/h4,19H,5H2,1-3H3,(H,21,22)(H3,17,18,20,23). The number of thiocarbonyl (C=S) groups is 1. The van der Waals surface area contributed by atoms with Crippen LogP contribution in [0, 0.1) is 5.41 Å². The van der Waals surface area contributed by atoms with Gasteiger partial charge in [0, 0.05) is 0 Å². The monoisotopic (exact) mass is 350 g/mol. The van der Waals surface area contributed by atoms with Crippen LogP contribution >= 0.6 is 12.2 Å². The normalized spacial score (nSPS) is 11.9. The maximum absolute atomic E-state index is 13.1. The molecule has 10 heteroatoms. The van der Waals surface area contributed by atoms with Crippen LogP contribution in [0.2, 0.25) is 0 Å². The lowest BCUT2D eigenvalue weighted by molar-refractivity contribution is -0.137. The molecule has 1 aromatic rings. The number of alkyl halides is 3. The molecule has 0 fully saturated rings. The van der Waals surface area contributed by atoms with Gasteiger partial charge in [-0.25, -0.2) is 9.78 Å². The number of aromatic nitrogens is 1. The van der Waals surface area contributed by atoms with Crippen molar-refractivity contribution in [3.8, 4) is 0 Å². The first-order chi connectivity index (χ1) is 10.3. The Morgan fingerprint density at radius 3 is 2.30 bits per heavy atom. The molecule has 0 saturated heterocycles. The van der Waals surface area contributed by atoms with Gasteiger partial charge in [-0.1, -0.05) is 20.8 Å². The number of anilines is 2. The molecule has 0 aliphatic carbocycles. The van der Waals surface area contributed by atoms with E-state index < -0.39 is 23.7 Å². The number of rotatable bonds is 3. The smallest absolute Gasteiger partial charge is 0.420 e. The van der Waals surface area contributed by atoms with Crippen LogP contribution in [0.25, 0.3) is 0 Å². The van der Waals surface area contributed by atoms with E-state index in [2.05, 4.69) is 22.5 Å². The van der Waals surface area contributed by atoms with E-state index >= 15 is 0 Å². The molecule has 1 aromatic heterocycles. The third-order valence-electron chi connectivity index (χ3n) is 2.59. The Morgan fingerprint density at radius 1 is 1.35 bits per heavy atom. The van der Waals surface area contributed by atoms with Gasteiger partial charge in [-0.15, -0.1) is 0 Å². The Balaban J connectivity index is 3.53. The van der Waals surface area contributed by atoms with Crippen molar-refractivity contribution in [1.82, 2.24) is 4.98 Å². The van der Waals surface area contributed by atoms with Crippen molar-refractivity contribution in [2.24, 2.45) is 11.1 Å². The van der Waals surface area contributed by atoms with Gasteiger partial charge in [-0.2, -0.15) is 13.2 Å². The van der Waals surface area contributed by atoms with Gasteiger partial charge in [-0.05, 0) is 30.1 Å². The van der Waals surface area contributed by atoms with Gasteiger partial charge in [0.25, 0.3) is 0 Å². The van der Waals surface area contributed by atoms with Gasteiger partial charge in [0.05, 0.1) is 11.4 Å². The number of carbonyl (C=O) groups is 1. The van der Waals surface area contributed by atoms with Crippen LogP contribution < -0.4 is 16.4 Å². The van der Waals surface area contributed by atoms with Crippen LogP contribution in [-0.4, -0.2) is 21.3 Å². The van der Waals surface area contributed by atoms with Gasteiger partial charge in [0.15, 0.2) is 5.11 Å². The lowest BCUT2D eigenvalue weighted by atomic mass is 9.89. The number of amides is 1. The highest BCUT2D eigenvalue weighted by molar-refractivity contribution is 7.80. The highest BCUT2D eigenvalue weighted by atomic mass is 32.1. The molecule has 1 amide bonds. The second-order valence-corrected chi connectivity index (χ2v) is 6.47. The predicted octanol–water partition coefficient (Wildman–Crippen LogP) is 3.43. The van der Waals surface area contributed by atoms with E-state index in [4.69, 9.17) is 10.8 Å². The van der Waals surface area contributed by atoms with Crippen molar-refractivity contribution in [2.45, 2.75) is 33.4 Å². The number of nitrogens with two attached hydrogens (primary N) is 1. The van der Waals surface area contributed by atoms with Crippen molar-refractivity contribution in [3.05, 3.63) is 17.3 Å². The summed E-state index contributed by atoms with van der Waals surface area (Å²) in [6.07, 6.45) is -5.99. The molecule has 0 bridgehead atoms. The van der Waals surface area contributed by atoms with E-state index in [1.165, 1.54) is 0 Å². The Bertz CT molecular complexity index is 627. The summed E-state index contributed by atoms with van der Waals surface area (Å²) >= 11 is 4.57. The first kappa shape index (κ1) is 18.9. The number of nitrogens with zero attached hydrogens (tertiary/aromatic N) is 1. The predicted molar refractivity (Wildman–Crippen MR) is 84.5 cm³/mol. The Kier molecular flexibility index (Phi) is 5.41. The summed E-state index contributed by atoms with van der Waals surface area (Å²) in [7, 11) is 0. The molecule has 0 saturated carbocycles. The van der Waals surface area contributed by atoms with E-state index in [1.54, 1.807) is 0 Å². The fourth-order valence-corrected chi connectivity index (χ4v) is 1.94. The van der Waals surface area contributed by atoms with Crippen LogP contribution in [0.4, 0.5) is 29.5 Å². The molecule has 0 atom stereocenters. The van der Waals surface area contributed by atoms with E-state index in [0.29, 0.717) is 6.07 Å². The van der Waals surface area contributed by atoms with Crippen molar-refractivity contribution in [3.63, 3.8) is 0 Å². The molecular weight excluding hydrogens is 333 g/mol. The van der Waals surface area contributed by atoms with Crippen LogP contribution in [0.1, 0.15) is 32.0 Å². The maximum atomic E-state index is 13.1. The number of halogens is 3. The minimum atomic E-state index is -4.75. The zero-order valence-corrected chi connectivity index (χ0v) is 13.5. The lowest BCUT2D eigenvalue weighted by Crippen LogP contribution is -2.24. The maximum Gasteiger partial charge on any atom is 0.420 e. The average Bonchev–Trinajstić information content (AvgIpc) is 2.27. The number of carboxylic acid groups (broad SMARTS) is 1. The quantitative estimate of drug-likeness (QED) is 0.623. The summed E-state index contributed by atoms with van der Waals surface area (Å²) in [5.41, 5.74) is 3.67. The molecule has 0 aromatic carbocycles. The first-order valence-electron chi connectivity index (χ1n) is 6.47. The molecule has 23 heavy (non-hydrogen) atoms. The van der Waals surface area contributed by atoms with Crippen molar-refractivity contribution in [2.75, 3.05) is 10.6 Å². The fourth-order valence-electron chi connectivity index (χ4n) is 1.84. The van der Waals surface area contributed by atoms with E-state index in [1.807, 2.05) is 26.1 Å². The van der Waals surface area contributed by atoms with Gasteiger partial charge >= 0.3 is 12.3 Å². The average molecular weight is 350 g/mol. The molecule has 0 unspecified atom stereocenters. The molecule has 0 spiro atoms. The molecule has 1 rings (SSSR count). The van der Waals surface area contributed by atoms with Crippen LogP contribution in [0.3, 0.4) is 0 Å². The van der Waals surface area contributed by atoms with Gasteiger partial charge in [0.1, 0.15) is 11.4 Å².